The van der Waals surface area contributed by atoms with Crippen molar-refractivity contribution in [2.45, 2.75) is 168 Å². The average molecular weight is 1460 g/mol. The number of unbranched alkanes of at least 4 members (excludes halogenated alkanes) is 16. The van der Waals surface area contributed by atoms with Crippen LogP contribution in [0.5, 0.6) is 0 Å². The first-order valence-corrected chi connectivity index (χ1v) is 40.0. The van der Waals surface area contributed by atoms with Gasteiger partial charge in [0, 0.05) is 104 Å². The molecule has 3 atom stereocenters. The molecule has 0 saturated carbocycles. The molecule has 0 aliphatic carbocycles. The predicted molar refractivity (Wildman–Crippen MR) is 385 cm³/mol. The Bertz CT molecular complexity index is 3520. The number of hydrogen-bond donors (Lipinski definition) is 3. The zero-order valence-corrected chi connectivity index (χ0v) is 61.0. The number of nitrogens with one attached hydrogen (secondary N) is 1. The third-order valence-electron chi connectivity index (χ3n) is 17.6. The van der Waals surface area contributed by atoms with Crippen LogP contribution in [0.3, 0.4) is 0 Å². The highest BCUT2D eigenvalue weighted by atomic mass is 35.7. The summed E-state index contributed by atoms with van der Waals surface area (Å²) in [7, 11) is 0.863. The highest BCUT2D eigenvalue weighted by Gasteiger charge is 2.31. The fraction of sp³-hybridized carbons (Fsp3) is 0.486. The summed E-state index contributed by atoms with van der Waals surface area (Å²) in [4.78, 5) is 7.36. The van der Waals surface area contributed by atoms with Crippen molar-refractivity contribution in [1.29, 1.82) is 0 Å². The van der Waals surface area contributed by atoms with Crippen LogP contribution in [0, 0.1) is 0 Å². The molecule has 0 bridgehead atoms. The molecule has 6 aromatic carbocycles. The number of sulfone groups is 1. The largest absolute Gasteiger partial charge is 0.330 e. The Morgan fingerprint density at radius 3 is 1.02 bits per heavy atom. The molecule has 3 unspecified atom stereocenters. The highest BCUT2D eigenvalue weighted by molar-refractivity contribution is 8.13. The van der Waals surface area contributed by atoms with Crippen molar-refractivity contribution < 1.29 is 25.3 Å². The zero-order valence-electron chi connectivity index (χ0n) is 53.2. The second-order valence-corrected chi connectivity index (χ2v) is 33.9. The Hall–Kier alpha value is -3.04. The first-order chi connectivity index (χ1) is 43.9. The number of sulfonamides is 1. The van der Waals surface area contributed by atoms with Crippen molar-refractivity contribution in [3.8, 4) is 0 Å². The van der Waals surface area contributed by atoms with E-state index in [1.165, 1.54) is 57.1 Å². The van der Waals surface area contributed by atoms with E-state index in [4.69, 9.17) is 91.8 Å². The zero-order chi connectivity index (χ0) is 66.6. The van der Waals surface area contributed by atoms with Gasteiger partial charge in [-0.05, 0) is 183 Å². The minimum atomic E-state index is -3.72. The quantitative estimate of drug-likeness (QED) is 0.0301. The molecular formula is C70H91Cl7N6O6S3. The molecule has 0 saturated heterocycles. The fourth-order valence-electron chi connectivity index (χ4n) is 12.6. The van der Waals surface area contributed by atoms with E-state index in [2.05, 4.69) is 33.5 Å². The molecule has 9 rings (SSSR count). The molecule has 3 heterocycles. The lowest BCUT2D eigenvalue weighted by atomic mass is 9.85. The van der Waals surface area contributed by atoms with E-state index < -0.39 is 28.9 Å². The molecule has 0 radical (unpaired) electrons. The minimum absolute atomic E-state index is 0.0547. The third-order valence-corrected chi connectivity index (χ3v) is 23.9. The second-order valence-electron chi connectivity index (χ2n) is 24.9. The lowest BCUT2D eigenvalue weighted by molar-refractivity contribution is 0.295. The average Bonchev–Trinajstić information content (AvgIpc) is 0.808. The van der Waals surface area contributed by atoms with Gasteiger partial charge in [0.2, 0.25) is 10.0 Å². The third kappa shape index (κ3) is 22.8. The summed E-state index contributed by atoms with van der Waals surface area (Å²) in [6, 6.07) is 32.3. The molecule has 92 heavy (non-hydrogen) atoms. The maximum atomic E-state index is 13.1. The van der Waals surface area contributed by atoms with Crippen LogP contribution in [0.4, 0.5) is 0 Å². The van der Waals surface area contributed by atoms with E-state index in [9.17, 15) is 25.3 Å². The van der Waals surface area contributed by atoms with Crippen molar-refractivity contribution >= 4 is 109 Å². The number of hydrogen-bond acceptors (Lipinski definition) is 11. The minimum Gasteiger partial charge on any atom is -0.330 e. The molecule has 22 heteroatoms. The fourth-order valence-corrected chi connectivity index (χ4v) is 17.6. The second kappa shape index (κ2) is 37.1. The van der Waals surface area contributed by atoms with E-state index in [0.717, 1.165) is 167 Å². The lowest BCUT2D eigenvalue weighted by Gasteiger charge is -2.33. The van der Waals surface area contributed by atoms with Crippen molar-refractivity contribution in [1.82, 2.24) is 19.4 Å². The van der Waals surface area contributed by atoms with Crippen LogP contribution < -0.4 is 16.2 Å². The van der Waals surface area contributed by atoms with Gasteiger partial charge in [-0.2, -0.15) is 0 Å². The molecule has 3 aliphatic rings. The van der Waals surface area contributed by atoms with Crippen LogP contribution in [0.1, 0.15) is 183 Å². The van der Waals surface area contributed by atoms with Crippen LogP contribution in [0.25, 0.3) is 0 Å². The Kier molecular flexibility index (Phi) is 30.8. The Morgan fingerprint density at radius 2 is 0.696 bits per heavy atom. The summed E-state index contributed by atoms with van der Waals surface area (Å²) in [6.45, 7) is 6.79. The van der Waals surface area contributed by atoms with Crippen LogP contribution in [0.15, 0.2) is 124 Å². The molecule has 3 aliphatic heterocycles. The molecule has 12 nitrogen and oxygen atoms in total. The summed E-state index contributed by atoms with van der Waals surface area (Å²) in [5.41, 5.74) is 20.3. The van der Waals surface area contributed by atoms with Gasteiger partial charge in [0.25, 0.3) is 9.05 Å². The van der Waals surface area contributed by atoms with E-state index >= 15 is 0 Å². The smallest absolute Gasteiger partial charge is 0.261 e. The van der Waals surface area contributed by atoms with E-state index in [0.29, 0.717) is 48.0 Å². The van der Waals surface area contributed by atoms with E-state index in [1.807, 2.05) is 49.5 Å². The van der Waals surface area contributed by atoms with E-state index in [1.54, 1.807) is 54.6 Å². The molecule has 0 spiro atoms. The van der Waals surface area contributed by atoms with Crippen molar-refractivity contribution in [3.63, 3.8) is 0 Å². The number of halogens is 7. The highest BCUT2D eigenvalue weighted by Crippen LogP contribution is 2.42. The van der Waals surface area contributed by atoms with Gasteiger partial charge < -0.3 is 26.2 Å². The SMILES string of the molecule is CN1Cc2c(Cl)cc(Cl)cc2C(c2ccc(S(=O)(=O)CCCCCCCCCCCCCNS(=O)(=O)c3ccc(C4CN(C)Cc5c(Cl)cc(Cl)cc54)cc3)cc2)C1.CN1Cc2c(Cl)cc(Cl)cc2C(c2ccc(S(=O)(=O)Cl)cc2)C1.NCCCCCCCCCN. The first-order valence-electron chi connectivity index (χ1n) is 32.2. The van der Waals surface area contributed by atoms with Gasteiger partial charge >= 0.3 is 0 Å². The van der Waals surface area contributed by atoms with Gasteiger partial charge in [-0.25, -0.2) is 30.0 Å². The van der Waals surface area contributed by atoms with Crippen LogP contribution in [-0.4, -0.2) is 106 Å². The molecule has 504 valence electrons. The number of nitrogens with two attached hydrogens (primary N) is 2. The Morgan fingerprint density at radius 1 is 0.402 bits per heavy atom. The number of fused-ring (bicyclic) bond motifs is 3. The first kappa shape index (κ1) is 76.3. The Labute approximate surface area is 583 Å². The normalized spacial score (nSPS) is 17.0. The molecule has 0 aromatic heterocycles. The van der Waals surface area contributed by atoms with Crippen LogP contribution in [-0.2, 0) is 48.5 Å². The number of likely N-dealkylation sites (N-methyl/N-ethyl adjacent to an activating group) is 3. The molecule has 5 N–H and O–H groups in total. The van der Waals surface area contributed by atoms with Crippen molar-refractivity contribution in [2.75, 3.05) is 66.2 Å². The van der Waals surface area contributed by atoms with E-state index in [-0.39, 0.29) is 33.3 Å². The molecule has 0 amide bonds. The van der Waals surface area contributed by atoms with Gasteiger partial charge in [0.05, 0.1) is 20.4 Å². The van der Waals surface area contributed by atoms with Gasteiger partial charge in [-0.15, -0.1) is 0 Å². The maximum Gasteiger partial charge on any atom is 0.261 e. The Balaban J connectivity index is 0.000000286. The van der Waals surface area contributed by atoms with Crippen LogP contribution >= 0.6 is 80.3 Å². The summed E-state index contributed by atoms with van der Waals surface area (Å²) in [5.74, 6) is 0.365. The topological polar surface area (TPSA) is 176 Å². The summed E-state index contributed by atoms with van der Waals surface area (Å²) < 4.78 is 77.8. The number of rotatable bonds is 29. The van der Waals surface area contributed by atoms with Crippen LogP contribution in [0.2, 0.25) is 30.1 Å². The van der Waals surface area contributed by atoms with Gasteiger partial charge in [-0.1, -0.05) is 196 Å². The van der Waals surface area contributed by atoms with Gasteiger partial charge in [0.1, 0.15) is 0 Å². The number of benzene rings is 6. The summed E-state index contributed by atoms with van der Waals surface area (Å²) in [6.07, 6.45) is 20.2. The summed E-state index contributed by atoms with van der Waals surface area (Å²) in [5, 5.41) is 3.79. The maximum absolute atomic E-state index is 13.1. The lowest BCUT2D eigenvalue weighted by Crippen LogP contribution is -2.31. The monoisotopic (exact) mass is 1450 g/mol. The number of nitrogens with zero attached hydrogens (tertiary/aromatic N) is 3. The molecule has 0 fully saturated rings. The molecular weight excluding hydrogens is 1370 g/mol. The van der Waals surface area contributed by atoms with Crippen molar-refractivity contribution in [2.24, 2.45) is 11.5 Å². The van der Waals surface area contributed by atoms with Gasteiger partial charge in [-0.3, -0.25) is 0 Å². The van der Waals surface area contributed by atoms with Crippen molar-refractivity contribution in [3.05, 3.63) is 189 Å². The van der Waals surface area contributed by atoms with Gasteiger partial charge in [0.15, 0.2) is 9.84 Å². The standard InChI is InChI=1S/C45H55Cl4N3O4S2.C16H14Cl3NO2S.C9H22N2/c1-51-28-40(38-24-34(46)26-44(48)42(38)30-51)32-14-18-36(19-15-32)57(53,54)23-13-11-9-7-5-3-4-6-8-10-12-22-50-58(55,56)37-20-16-33(17-21-37)41-29-52(2)31-43-39(41)25-35(47)27-45(43)49;1-20-8-14(10-2-4-12(5-3-10)23(19,21)22)13-6-11(17)7-16(18)15(13)9-20;10-8-6-4-2-1-3-5-7-9-11/h14-21,24-27,40-41,50H,3-13,22-23,28-31H2,1-2H3;2-7,14H,8-9H2,1H3;1-11H2. The predicted octanol–water partition coefficient (Wildman–Crippen LogP) is 17.6. The summed E-state index contributed by atoms with van der Waals surface area (Å²) >= 11 is 38.2. The molecule has 6 aromatic rings.